The molecule has 0 spiro atoms. The lowest BCUT2D eigenvalue weighted by atomic mass is 10.1. The Balaban J connectivity index is 2.05. The first-order chi connectivity index (χ1) is 9.61. The smallest absolute Gasteiger partial charge is 0.325 e. The van der Waals surface area contributed by atoms with Gasteiger partial charge in [0, 0.05) is 0 Å². The van der Waals surface area contributed by atoms with Gasteiger partial charge >= 0.3 is 12.0 Å². The lowest BCUT2D eigenvalue weighted by Gasteiger charge is -2.29. The minimum atomic E-state index is -0.446. The number of aryl methyl sites for hydroxylation is 1. The molecule has 1 aromatic carbocycles. The predicted octanol–water partition coefficient (Wildman–Crippen LogP) is 1.47. The summed E-state index contributed by atoms with van der Waals surface area (Å²) in [5.41, 5.74) is 1.76. The molecule has 0 aromatic heterocycles. The van der Waals surface area contributed by atoms with E-state index in [4.69, 9.17) is 9.47 Å². The Bertz CT molecular complexity index is 516. The van der Waals surface area contributed by atoms with E-state index in [1.165, 1.54) is 0 Å². The summed E-state index contributed by atoms with van der Waals surface area (Å²) in [7, 11) is 0. The zero-order chi connectivity index (χ0) is 14.5. The van der Waals surface area contributed by atoms with Gasteiger partial charge in [0.15, 0.2) is 0 Å². The van der Waals surface area contributed by atoms with E-state index >= 15 is 0 Å². The summed E-state index contributed by atoms with van der Waals surface area (Å²) in [4.78, 5) is 25.0. The fourth-order valence-corrected chi connectivity index (χ4v) is 1.99. The van der Waals surface area contributed by atoms with Gasteiger partial charge in [-0.05, 0) is 31.5 Å². The van der Waals surface area contributed by atoms with Crippen LogP contribution in [-0.2, 0) is 9.53 Å². The fraction of sp³-hybridized carbons (Fsp3) is 0.429. The van der Waals surface area contributed by atoms with Crippen LogP contribution < -0.4 is 15.0 Å². The zero-order valence-electron chi connectivity index (χ0n) is 11.6. The highest BCUT2D eigenvalue weighted by Gasteiger charge is 2.24. The van der Waals surface area contributed by atoms with Crippen LogP contribution in [0.3, 0.4) is 0 Å². The van der Waals surface area contributed by atoms with Crippen LogP contribution in [0.15, 0.2) is 18.2 Å². The lowest BCUT2D eigenvalue weighted by molar-refractivity contribution is -0.141. The monoisotopic (exact) mass is 278 g/mol. The molecule has 6 nitrogen and oxygen atoms in total. The molecule has 0 fully saturated rings. The van der Waals surface area contributed by atoms with Crippen molar-refractivity contribution < 1.29 is 19.1 Å². The third-order valence-electron chi connectivity index (χ3n) is 2.91. The maximum atomic E-state index is 12.1. The van der Waals surface area contributed by atoms with Crippen molar-refractivity contribution in [3.63, 3.8) is 0 Å². The van der Waals surface area contributed by atoms with Crippen LogP contribution in [0, 0.1) is 6.92 Å². The summed E-state index contributed by atoms with van der Waals surface area (Å²) in [5.74, 6) is 0.228. The number of anilines is 1. The summed E-state index contributed by atoms with van der Waals surface area (Å²) in [5, 5.41) is 2.55. The van der Waals surface area contributed by atoms with Crippen LogP contribution >= 0.6 is 0 Å². The standard InChI is InChI=1S/C14H18N2O4/c1-3-19-13(17)9-15-14(18)16-6-7-20-12-5-4-10(2)8-11(12)16/h4-5,8H,3,6-7,9H2,1-2H3,(H,15,18). The van der Waals surface area contributed by atoms with E-state index in [1.807, 2.05) is 25.1 Å². The second kappa shape index (κ2) is 6.27. The number of benzene rings is 1. The van der Waals surface area contributed by atoms with Crippen LogP contribution in [0.4, 0.5) is 10.5 Å². The van der Waals surface area contributed by atoms with Crippen molar-refractivity contribution in [2.75, 3.05) is 31.2 Å². The molecule has 1 heterocycles. The minimum Gasteiger partial charge on any atom is -0.490 e. The van der Waals surface area contributed by atoms with E-state index in [-0.39, 0.29) is 12.6 Å². The summed E-state index contributed by atoms with van der Waals surface area (Å²) in [6.07, 6.45) is 0. The fourth-order valence-electron chi connectivity index (χ4n) is 1.99. The molecule has 2 amide bonds. The highest BCUT2D eigenvalue weighted by Crippen LogP contribution is 2.32. The molecule has 0 radical (unpaired) electrons. The molecule has 0 aliphatic carbocycles. The van der Waals surface area contributed by atoms with Crippen LogP contribution in [0.5, 0.6) is 5.75 Å². The highest BCUT2D eigenvalue weighted by atomic mass is 16.5. The number of rotatable bonds is 3. The first kappa shape index (κ1) is 14.2. The molecular weight excluding hydrogens is 260 g/mol. The van der Waals surface area contributed by atoms with Gasteiger partial charge in [-0.25, -0.2) is 4.79 Å². The van der Waals surface area contributed by atoms with Gasteiger partial charge in [-0.1, -0.05) is 6.07 Å². The Hall–Kier alpha value is -2.24. The minimum absolute atomic E-state index is 0.134. The summed E-state index contributed by atoms with van der Waals surface area (Å²) < 4.78 is 10.3. The molecule has 2 rings (SSSR count). The van der Waals surface area contributed by atoms with Crippen molar-refractivity contribution >= 4 is 17.7 Å². The van der Waals surface area contributed by atoms with Gasteiger partial charge in [0.1, 0.15) is 18.9 Å². The molecule has 0 saturated heterocycles. The molecule has 6 heteroatoms. The number of amides is 2. The molecule has 0 saturated carbocycles. The Kier molecular flexibility index (Phi) is 4.45. The second-order valence-electron chi connectivity index (χ2n) is 4.44. The lowest BCUT2D eigenvalue weighted by Crippen LogP contribution is -2.46. The number of esters is 1. The average Bonchev–Trinajstić information content (AvgIpc) is 2.44. The molecule has 108 valence electrons. The molecule has 0 bridgehead atoms. The van der Waals surface area contributed by atoms with Crippen LogP contribution in [0.2, 0.25) is 0 Å². The maximum absolute atomic E-state index is 12.1. The Morgan fingerprint density at radius 2 is 2.25 bits per heavy atom. The zero-order valence-corrected chi connectivity index (χ0v) is 11.6. The number of nitrogens with zero attached hydrogens (tertiary/aromatic N) is 1. The number of hydrogen-bond donors (Lipinski definition) is 1. The molecule has 0 unspecified atom stereocenters. The van der Waals surface area contributed by atoms with E-state index in [0.717, 1.165) is 11.3 Å². The molecule has 1 aromatic rings. The third-order valence-corrected chi connectivity index (χ3v) is 2.91. The SMILES string of the molecule is CCOC(=O)CNC(=O)N1CCOc2ccc(C)cc21. The first-order valence-electron chi connectivity index (χ1n) is 6.56. The number of hydrogen-bond acceptors (Lipinski definition) is 4. The number of urea groups is 1. The Morgan fingerprint density at radius 3 is 3.00 bits per heavy atom. The molecule has 1 aliphatic heterocycles. The second-order valence-corrected chi connectivity index (χ2v) is 4.44. The van der Waals surface area contributed by atoms with E-state index in [9.17, 15) is 9.59 Å². The summed E-state index contributed by atoms with van der Waals surface area (Å²) in [6, 6.07) is 5.33. The van der Waals surface area contributed by atoms with Crippen LogP contribution in [0.25, 0.3) is 0 Å². The van der Waals surface area contributed by atoms with E-state index in [0.29, 0.717) is 25.5 Å². The normalized spacial score (nSPS) is 13.2. The molecular formula is C14H18N2O4. The van der Waals surface area contributed by atoms with E-state index in [2.05, 4.69) is 5.32 Å². The topological polar surface area (TPSA) is 67.9 Å². The number of ether oxygens (including phenoxy) is 2. The summed E-state index contributed by atoms with van der Waals surface area (Å²) >= 11 is 0. The van der Waals surface area contributed by atoms with Crippen molar-refractivity contribution in [3.05, 3.63) is 23.8 Å². The van der Waals surface area contributed by atoms with Crippen LogP contribution in [0.1, 0.15) is 12.5 Å². The van der Waals surface area contributed by atoms with Gasteiger partial charge in [-0.3, -0.25) is 9.69 Å². The molecule has 1 aliphatic rings. The van der Waals surface area contributed by atoms with Gasteiger partial charge in [0.2, 0.25) is 0 Å². The highest BCUT2D eigenvalue weighted by molar-refractivity contribution is 5.95. The number of nitrogens with one attached hydrogen (secondary N) is 1. The number of carbonyl (C=O) groups is 2. The van der Waals surface area contributed by atoms with Gasteiger partial charge in [-0.2, -0.15) is 0 Å². The van der Waals surface area contributed by atoms with Crippen molar-refractivity contribution in [1.82, 2.24) is 5.32 Å². The van der Waals surface area contributed by atoms with Crippen LogP contribution in [-0.4, -0.2) is 38.3 Å². The summed E-state index contributed by atoms with van der Waals surface area (Å²) in [6.45, 7) is 4.72. The molecule has 20 heavy (non-hydrogen) atoms. The van der Waals surface area contributed by atoms with Gasteiger partial charge in [0.05, 0.1) is 18.8 Å². The van der Waals surface area contributed by atoms with Gasteiger partial charge in [-0.15, -0.1) is 0 Å². The quantitative estimate of drug-likeness (QED) is 0.850. The van der Waals surface area contributed by atoms with Crippen molar-refractivity contribution in [3.8, 4) is 5.75 Å². The van der Waals surface area contributed by atoms with E-state index < -0.39 is 5.97 Å². The van der Waals surface area contributed by atoms with Gasteiger partial charge in [0.25, 0.3) is 0 Å². The predicted molar refractivity (Wildman–Crippen MR) is 74.1 cm³/mol. The maximum Gasteiger partial charge on any atom is 0.325 e. The number of fused-ring (bicyclic) bond motifs is 1. The molecule has 0 atom stereocenters. The number of carbonyl (C=O) groups excluding carboxylic acids is 2. The Morgan fingerprint density at radius 1 is 1.45 bits per heavy atom. The van der Waals surface area contributed by atoms with E-state index in [1.54, 1.807) is 11.8 Å². The third kappa shape index (κ3) is 3.20. The average molecular weight is 278 g/mol. The van der Waals surface area contributed by atoms with Crippen molar-refractivity contribution in [1.29, 1.82) is 0 Å². The van der Waals surface area contributed by atoms with Gasteiger partial charge < -0.3 is 14.8 Å². The molecule has 1 N–H and O–H groups in total. The largest absolute Gasteiger partial charge is 0.490 e. The Labute approximate surface area is 117 Å². The van der Waals surface area contributed by atoms with Crippen molar-refractivity contribution in [2.45, 2.75) is 13.8 Å². The first-order valence-corrected chi connectivity index (χ1v) is 6.56. The van der Waals surface area contributed by atoms with Crippen molar-refractivity contribution in [2.24, 2.45) is 0 Å².